The van der Waals surface area contributed by atoms with Crippen LogP contribution in [-0.4, -0.2) is 12.6 Å². The highest BCUT2D eigenvalue weighted by Gasteiger charge is 2.03. The van der Waals surface area contributed by atoms with Gasteiger partial charge in [-0.2, -0.15) is 0 Å². The van der Waals surface area contributed by atoms with Crippen LogP contribution in [0.25, 0.3) is 0 Å². The molecule has 0 aliphatic carbocycles. The van der Waals surface area contributed by atoms with Gasteiger partial charge in [0.1, 0.15) is 0 Å². The molecule has 2 nitrogen and oxygen atoms in total. The maximum Gasteiger partial charge on any atom is 0.305 e. The molecule has 0 aromatic rings. The van der Waals surface area contributed by atoms with E-state index in [4.69, 9.17) is 4.74 Å². The standard InChI is InChI=1S/C56H110O2/c1-4-6-7-8-9-10-11-12-13-28-32-35-38-41-44-47-50-53-56(57)58-54-51-48-45-42-39-36-33-30-27-25-23-21-19-17-15-14-16-18-20-22-24-26-29-31-34-37-40-43-46-49-52-55(3)5-2/h10-11,55H,4-9,12-54H2,1-3H3. The fourth-order valence-corrected chi connectivity index (χ4v) is 8.70. The summed E-state index contributed by atoms with van der Waals surface area (Å²) >= 11 is 0. The molecule has 0 rings (SSSR count). The number of hydrogen-bond acceptors (Lipinski definition) is 2. The Balaban J connectivity index is 3.15. The van der Waals surface area contributed by atoms with Crippen molar-refractivity contribution in [2.75, 3.05) is 6.61 Å². The van der Waals surface area contributed by atoms with E-state index in [-0.39, 0.29) is 5.97 Å². The van der Waals surface area contributed by atoms with Crippen molar-refractivity contribution >= 4 is 5.97 Å². The molecule has 58 heavy (non-hydrogen) atoms. The van der Waals surface area contributed by atoms with Crippen molar-refractivity contribution in [1.82, 2.24) is 0 Å². The van der Waals surface area contributed by atoms with Crippen molar-refractivity contribution in [2.24, 2.45) is 5.92 Å². The van der Waals surface area contributed by atoms with Gasteiger partial charge in [-0.05, 0) is 44.4 Å². The molecule has 346 valence electrons. The monoisotopic (exact) mass is 815 g/mol. The Kier molecular flexibility index (Phi) is 51.6. The lowest BCUT2D eigenvalue weighted by Crippen LogP contribution is -2.05. The highest BCUT2D eigenvalue weighted by Crippen LogP contribution is 2.18. The van der Waals surface area contributed by atoms with Crippen LogP contribution in [0.15, 0.2) is 12.2 Å². The zero-order valence-electron chi connectivity index (χ0n) is 40.7. The maximum atomic E-state index is 12.1. The highest BCUT2D eigenvalue weighted by atomic mass is 16.5. The molecule has 0 fully saturated rings. The van der Waals surface area contributed by atoms with Gasteiger partial charge in [0.05, 0.1) is 6.61 Å². The molecule has 0 aliphatic heterocycles. The first kappa shape index (κ1) is 57.2. The van der Waals surface area contributed by atoms with Gasteiger partial charge < -0.3 is 4.74 Å². The van der Waals surface area contributed by atoms with E-state index in [0.29, 0.717) is 13.0 Å². The Hall–Kier alpha value is -0.790. The summed E-state index contributed by atoms with van der Waals surface area (Å²) in [5.41, 5.74) is 0. The zero-order valence-corrected chi connectivity index (χ0v) is 40.7. The molecular weight excluding hydrogens is 705 g/mol. The lowest BCUT2D eigenvalue weighted by Gasteiger charge is -2.07. The van der Waals surface area contributed by atoms with E-state index < -0.39 is 0 Å². The van der Waals surface area contributed by atoms with E-state index >= 15 is 0 Å². The topological polar surface area (TPSA) is 26.3 Å². The lowest BCUT2D eigenvalue weighted by atomic mass is 9.99. The van der Waals surface area contributed by atoms with Gasteiger partial charge in [-0.25, -0.2) is 0 Å². The molecule has 0 heterocycles. The van der Waals surface area contributed by atoms with Crippen molar-refractivity contribution < 1.29 is 9.53 Å². The smallest absolute Gasteiger partial charge is 0.305 e. The summed E-state index contributed by atoms with van der Waals surface area (Å²) in [6.07, 6.45) is 70.8. The summed E-state index contributed by atoms with van der Waals surface area (Å²) in [4.78, 5) is 12.1. The number of hydrogen-bond donors (Lipinski definition) is 0. The fourth-order valence-electron chi connectivity index (χ4n) is 8.70. The molecule has 0 radical (unpaired) electrons. The van der Waals surface area contributed by atoms with Crippen molar-refractivity contribution in [2.45, 2.75) is 329 Å². The summed E-state index contributed by atoms with van der Waals surface area (Å²) in [5.74, 6) is 0.968. The third-order valence-electron chi connectivity index (χ3n) is 13.2. The number of carbonyl (C=O) groups is 1. The van der Waals surface area contributed by atoms with Crippen LogP contribution in [0.4, 0.5) is 0 Å². The number of esters is 1. The molecule has 0 aliphatic rings. The van der Waals surface area contributed by atoms with Gasteiger partial charge in [0.2, 0.25) is 0 Å². The number of allylic oxidation sites excluding steroid dienone is 2. The number of unbranched alkanes of at least 4 members (excludes halogenated alkanes) is 42. The minimum absolute atomic E-state index is 0.0285. The first-order valence-electron chi connectivity index (χ1n) is 27.5. The van der Waals surface area contributed by atoms with Crippen LogP contribution in [-0.2, 0) is 9.53 Å². The molecular formula is C56H110O2. The van der Waals surface area contributed by atoms with E-state index in [1.165, 1.54) is 289 Å². The van der Waals surface area contributed by atoms with Crippen LogP contribution in [0, 0.1) is 5.92 Å². The summed E-state index contributed by atoms with van der Waals surface area (Å²) in [6.45, 7) is 7.64. The SMILES string of the molecule is CCCCCCC=CCCCCCCCCCCCC(=O)OCCCCCCCCCCCCCCCCCCCCCCCCCCCCCCCCC(C)CC. The van der Waals surface area contributed by atoms with E-state index in [2.05, 4.69) is 32.9 Å². The number of rotatable bonds is 51. The van der Waals surface area contributed by atoms with Crippen LogP contribution < -0.4 is 0 Å². The van der Waals surface area contributed by atoms with Gasteiger partial charge in [0, 0.05) is 6.42 Å². The molecule has 0 amide bonds. The Labute approximate surface area is 367 Å². The molecule has 0 N–H and O–H groups in total. The molecule has 0 saturated heterocycles. The van der Waals surface area contributed by atoms with Crippen molar-refractivity contribution in [3.05, 3.63) is 12.2 Å². The Bertz CT molecular complexity index is 773. The minimum atomic E-state index is 0.0285. The van der Waals surface area contributed by atoms with Gasteiger partial charge in [-0.1, -0.05) is 296 Å². The molecule has 0 spiro atoms. The third kappa shape index (κ3) is 51.4. The molecule has 1 atom stereocenters. The van der Waals surface area contributed by atoms with Crippen molar-refractivity contribution in [3.63, 3.8) is 0 Å². The first-order valence-corrected chi connectivity index (χ1v) is 27.5. The predicted molar refractivity (Wildman–Crippen MR) is 262 cm³/mol. The van der Waals surface area contributed by atoms with E-state index in [0.717, 1.165) is 18.8 Å². The fraction of sp³-hybridized carbons (Fsp3) is 0.946. The average Bonchev–Trinajstić information content (AvgIpc) is 3.23. The maximum absolute atomic E-state index is 12.1. The Morgan fingerprint density at radius 1 is 0.362 bits per heavy atom. The van der Waals surface area contributed by atoms with Gasteiger partial charge in [0.15, 0.2) is 0 Å². The van der Waals surface area contributed by atoms with Gasteiger partial charge in [0.25, 0.3) is 0 Å². The van der Waals surface area contributed by atoms with Crippen LogP contribution in [0.3, 0.4) is 0 Å². The Morgan fingerprint density at radius 3 is 0.966 bits per heavy atom. The number of carbonyl (C=O) groups excluding carboxylic acids is 1. The van der Waals surface area contributed by atoms with Crippen LogP contribution >= 0.6 is 0 Å². The van der Waals surface area contributed by atoms with Gasteiger partial charge in [-0.15, -0.1) is 0 Å². The molecule has 0 bridgehead atoms. The van der Waals surface area contributed by atoms with Crippen LogP contribution in [0.5, 0.6) is 0 Å². The lowest BCUT2D eigenvalue weighted by molar-refractivity contribution is -0.143. The van der Waals surface area contributed by atoms with Crippen LogP contribution in [0.1, 0.15) is 329 Å². The molecule has 1 unspecified atom stereocenters. The highest BCUT2D eigenvalue weighted by molar-refractivity contribution is 5.69. The summed E-state index contributed by atoms with van der Waals surface area (Å²) in [5, 5.41) is 0. The normalized spacial score (nSPS) is 12.3. The van der Waals surface area contributed by atoms with E-state index in [1.807, 2.05) is 0 Å². The largest absolute Gasteiger partial charge is 0.466 e. The Morgan fingerprint density at radius 2 is 0.638 bits per heavy atom. The van der Waals surface area contributed by atoms with Gasteiger partial charge in [-0.3, -0.25) is 4.79 Å². The second-order valence-corrected chi connectivity index (χ2v) is 19.2. The molecule has 0 saturated carbocycles. The van der Waals surface area contributed by atoms with Gasteiger partial charge >= 0.3 is 5.97 Å². The second kappa shape index (κ2) is 52.3. The minimum Gasteiger partial charge on any atom is -0.466 e. The first-order chi connectivity index (χ1) is 28.7. The van der Waals surface area contributed by atoms with Crippen molar-refractivity contribution in [3.8, 4) is 0 Å². The second-order valence-electron chi connectivity index (χ2n) is 19.2. The molecule has 2 heteroatoms. The summed E-state index contributed by atoms with van der Waals surface area (Å²) in [6, 6.07) is 0. The summed E-state index contributed by atoms with van der Waals surface area (Å²) in [7, 11) is 0. The van der Waals surface area contributed by atoms with Crippen molar-refractivity contribution in [1.29, 1.82) is 0 Å². The number of ether oxygens (including phenoxy) is 1. The van der Waals surface area contributed by atoms with Crippen LogP contribution in [0.2, 0.25) is 0 Å². The van der Waals surface area contributed by atoms with E-state index in [9.17, 15) is 4.79 Å². The summed E-state index contributed by atoms with van der Waals surface area (Å²) < 4.78 is 5.50. The average molecular weight is 815 g/mol. The molecule has 0 aromatic carbocycles. The molecule has 0 aromatic heterocycles. The predicted octanol–water partition coefficient (Wildman–Crippen LogP) is 20.5. The third-order valence-corrected chi connectivity index (χ3v) is 13.2. The zero-order chi connectivity index (χ0) is 41.9. The quantitative estimate of drug-likeness (QED) is 0.0347. The van der Waals surface area contributed by atoms with E-state index in [1.54, 1.807) is 0 Å².